The number of nitrogens with one attached hydrogen (secondary N) is 2. The Morgan fingerprint density at radius 2 is 1.86 bits per heavy atom. The molecule has 1 amide bonds. The van der Waals surface area contributed by atoms with Crippen LogP contribution in [0, 0.1) is 12.3 Å². The van der Waals surface area contributed by atoms with Crippen LogP contribution >= 0.6 is 0 Å². The Balaban J connectivity index is 2.96. The molecule has 0 radical (unpaired) electrons. The van der Waals surface area contributed by atoms with Crippen LogP contribution in [0.4, 0.5) is 11.4 Å². The van der Waals surface area contributed by atoms with E-state index < -0.39 is 16.1 Å². The fourth-order valence-corrected chi connectivity index (χ4v) is 2.24. The molecule has 0 aromatic heterocycles. The Morgan fingerprint density at radius 3 is 2.33 bits per heavy atom. The fraction of sp³-hybridized carbons (Fsp3) is 0.500. The zero-order valence-electron chi connectivity index (χ0n) is 13.0. The normalized spacial score (nSPS) is 13.6. The van der Waals surface area contributed by atoms with Crippen molar-refractivity contribution in [3.8, 4) is 0 Å². The van der Waals surface area contributed by atoms with E-state index in [1.807, 2.05) is 20.8 Å². The van der Waals surface area contributed by atoms with Gasteiger partial charge in [0.2, 0.25) is 15.9 Å². The molecule has 0 aliphatic carbocycles. The van der Waals surface area contributed by atoms with Gasteiger partial charge in [-0.25, -0.2) is 8.42 Å². The first-order valence-electron chi connectivity index (χ1n) is 6.55. The van der Waals surface area contributed by atoms with Gasteiger partial charge in [0, 0.05) is 5.69 Å². The second-order valence-electron chi connectivity index (χ2n) is 6.24. The van der Waals surface area contributed by atoms with Crippen molar-refractivity contribution in [2.24, 2.45) is 11.1 Å². The highest BCUT2D eigenvalue weighted by molar-refractivity contribution is 7.92. The summed E-state index contributed by atoms with van der Waals surface area (Å²) in [5.74, 6) is -0.309. The first kappa shape index (κ1) is 17.5. The van der Waals surface area contributed by atoms with Crippen molar-refractivity contribution in [3.05, 3.63) is 23.8 Å². The molecule has 1 rings (SSSR count). The Hall–Kier alpha value is -1.60. The van der Waals surface area contributed by atoms with Gasteiger partial charge in [-0.15, -0.1) is 0 Å². The van der Waals surface area contributed by atoms with E-state index in [9.17, 15) is 13.2 Å². The average Bonchev–Trinajstić information content (AvgIpc) is 2.29. The fourth-order valence-electron chi connectivity index (χ4n) is 1.62. The number of carbonyl (C=O) groups is 1. The van der Waals surface area contributed by atoms with E-state index in [0.717, 1.165) is 11.8 Å². The summed E-state index contributed by atoms with van der Waals surface area (Å²) in [6.07, 6.45) is 1.08. The van der Waals surface area contributed by atoms with Crippen LogP contribution in [-0.2, 0) is 14.8 Å². The molecule has 0 saturated heterocycles. The monoisotopic (exact) mass is 313 g/mol. The summed E-state index contributed by atoms with van der Waals surface area (Å²) in [5, 5.41) is 2.70. The van der Waals surface area contributed by atoms with Gasteiger partial charge in [-0.3, -0.25) is 9.52 Å². The third-order valence-corrected chi connectivity index (χ3v) is 3.61. The van der Waals surface area contributed by atoms with Crippen LogP contribution in [-0.4, -0.2) is 26.6 Å². The first-order chi connectivity index (χ1) is 9.40. The Kier molecular flexibility index (Phi) is 5.01. The molecule has 0 unspecified atom stereocenters. The van der Waals surface area contributed by atoms with E-state index in [4.69, 9.17) is 5.73 Å². The second-order valence-corrected chi connectivity index (χ2v) is 7.99. The standard InChI is InChI=1S/C14H23N3O3S/c1-9-6-7-10(8-11(9)17-21(5,19)20)16-13(18)12(15)14(2,3)4/h6-8,12,17H,15H2,1-5H3,(H,16,18)/t12-/m1/s1. The topological polar surface area (TPSA) is 101 Å². The highest BCUT2D eigenvalue weighted by Gasteiger charge is 2.27. The maximum atomic E-state index is 12.1. The molecule has 118 valence electrons. The van der Waals surface area contributed by atoms with Gasteiger partial charge in [0.05, 0.1) is 18.0 Å². The first-order valence-corrected chi connectivity index (χ1v) is 8.44. The Labute approximate surface area is 126 Å². The molecule has 1 aromatic rings. The number of hydrogen-bond donors (Lipinski definition) is 3. The summed E-state index contributed by atoms with van der Waals surface area (Å²) in [6, 6.07) is 4.34. The van der Waals surface area contributed by atoms with Crippen LogP contribution in [0.2, 0.25) is 0 Å². The van der Waals surface area contributed by atoms with E-state index in [1.54, 1.807) is 25.1 Å². The van der Waals surface area contributed by atoms with Crippen LogP contribution < -0.4 is 15.8 Å². The summed E-state index contributed by atoms with van der Waals surface area (Å²) in [4.78, 5) is 12.1. The van der Waals surface area contributed by atoms with Crippen molar-refractivity contribution in [2.75, 3.05) is 16.3 Å². The molecule has 7 heteroatoms. The molecule has 0 aliphatic heterocycles. The summed E-state index contributed by atoms with van der Waals surface area (Å²) < 4.78 is 25.0. The zero-order valence-corrected chi connectivity index (χ0v) is 13.8. The van der Waals surface area contributed by atoms with Crippen LogP contribution in [0.5, 0.6) is 0 Å². The molecule has 1 aromatic carbocycles. The maximum absolute atomic E-state index is 12.1. The molecule has 0 aliphatic rings. The molecule has 1 atom stereocenters. The maximum Gasteiger partial charge on any atom is 0.241 e. The zero-order chi connectivity index (χ0) is 16.4. The van der Waals surface area contributed by atoms with Crippen molar-refractivity contribution < 1.29 is 13.2 Å². The number of rotatable bonds is 4. The SMILES string of the molecule is Cc1ccc(NC(=O)[C@@H](N)C(C)(C)C)cc1NS(C)(=O)=O. The van der Waals surface area contributed by atoms with Gasteiger partial charge in [0.15, 0.2) is 0 Å². The molecular formula is C14H23N3O3S. The third kappa shape index (κ3) is 5.35. The van der Waals surface area contributed by atoms with Gasteiger partial charge in [-0.1, -0.05) is 26.8 Å². The number of benzene rings is 1. The van der Waals surface area contributed by atoms with Gasteiger partial charge in [-0.05, 0) is 30.0 Å². The number of hydrogen-bond acceptors (Lipinski definition) is 4. The molecular weight excluding hydrogens is 290 g/mol. The lowest BCUT2D eigenvalue weighted by molar-refractivity contribution is -0.119. The summed E-state index contributed by atoms with van der Waals surface area (Å²) in [6.45, 7) is 7.41. The van der Waals surface area contributed by atoms with E-state index >= 15 is 0 Å². The quantitative estimate of drug-likeness (QED) is 0.787. The van der Waals surface area contributed by atoms with E-state index in [-0.39, 0.29) is 11.3 Å². The van der Waals surface area contributed by atoms with Crippen LogP contribution in [0.25, 0.3) is 0 Å². The minimum absolute atomic E-state index is 0.309. The number of sulfonamides is 1. The van der Waals surface area contributed by atoms with E-state index in [0.29, 0.717) is 11.4 Å². The van der Waals surface area contributed by atoms with Crippen molar-refractivity contribution in [1.82, 2.24) is 0 Å². The molecule has 0 heterocycles. The minimum Gasteiger partial charge on any atom is -0.325 e. The van der Waals surface area contributed by atoms with E-state index in [1.165, 1.54) is 0 Å². The third-order valence-electron chi connectivity index (χ3n) is 3.02. The molecule has 4 N–H and O–H groups in total. The van der Waals surface area contributed by atoms with Gasteiger partial charge >= 0.3 is 0 Å². The van der Waals surface area contributed by atoms with Crippen LogP contribution in [0.1, 0.15) is 26.3 Å². The van der Waals surface area contributed by atoms with Gasteiger partial charge < -0.3 is 11.1 Å². The number of nitrogens with two attached hydrogens (primary N) is 1. The summed E-state index contributed by atoms with van der Waals surface area (Å²) in [7, 11) is -3.37. The van der Waals surface area contributed by atoms with E-state index in [2.05, 4.69) is 10.0 Å². The lowest BCUT2D eigenvalue weighted by Crippen LogP contribution is -2.45. The van der Waals surface area contributed by atoms with Gasteiger partial charge in [0.25, 0.3) is 0 Å². The number of aryl methyl sites for hydroxylation is 1. The second kappa shape index (κ2) is 6.03. The van der Waals surface area contributed by atoms with Crippen molar-refractivity contribution >= 4 is 27.3 Å². The smallest absolute Gasteiger partial charge is 0.241 e. The van der Waals surface area contributed by atoms with Crippen LogP contribution in [0.3, 0.4) is 0 Å². The van der Waals surface area contributed by atoms with Gasteiger partial charge in [0.1, 0.15) is 0 Å². The Bertz CT molecular complexity index is 633. The molecule has 0 bridgehead atoms. The number of anilines is 2. The molecule has 0 fully saturated rings. The minimum atomic E-state index is -3.37. The lowest BCUT2D eigenvalue weighted by atomic mass is 9.87. The summed E-state index contributed by atoms with van der Waals surface area (Å²) >= 11 is 0. The lowest BCUT2D eigenvalue weighted by Gasteiger charge is -2.26. The van der Waals surface area contributed by atoms with Crippen molar-refractivity contribution in [1.29, 1.82) is 0 Å². The molecule has 0 saturated carbocycles. The molecule has 21 heavy (non-hydrogen) atoms. The average molecular weight is 313 g/mol. The van der Waals surface area contributed by atoms with Crippen LogP contribution in [0.15, 0.2) is 18.2 Å². The van der Waals surface area contributed by atoms with Crippen molar-refractivity contribution in [3.63, 3.8) is 0 Å². The largest absolute Gasteiger partial charge is 0.325 e. The highest BCUT2D eigenvalue weighted by Crippen LogP contribution is 2.23. The number of amides is 1. The summed E-state index contributed by atoms with van der Waals surface area (Å²) in [5.41, 5.74) is 7.22. The number of carbonyl (C=O) groups excluding carboxylic acids is 1. The molecule has 6 nitrogen and oxygen atoms in total. The molecule has 0 spiro atoms. The predicted octanol–water partition coefficient (Wildman–Crippen LogP) is 1.68. The van der Waals surface area contributed by atoms with Gasteiger partial charge in [-0.2, -0.15) is 0 Å². The Morgan fingerprint density at radius 1 is 1.29 bits per heavy atom. The highest BCUT2D eigenvalue weighted by atomic mass is 32.2. The predicted molar refractivity (Wildman–Crippen MR) is 85.7 cm³/mol. The van der Waals surface area contributed by atoms with Crippen molar-refractivity contribution in [2.45, 2.75) is 33.7 Å².